The molecule has 5 heteroatoms. The zero-order valence-corrected chi connectivity index (χ0v) is 11.5. The Hall–Kier alpha value is -0.710. The predicted molar refractivity (Wildman–Crippen MR) is 68.1 cm³/mol. The summed E-state index contributed by atoms with van der Waals surface area (Å²) in [4.78, 5) is 11.4. The maximum atomic E-state index is 13.1. The van der Waals surface area contributed by atoms with Crippen LogP contribution < -0.4 is 5.32 Å². The second kappa shape index (κ2) is 6.16. The Morgan fingerprint density at radius 1 is 1.05 bits per heavy atom. The summed E-state index contributed by atoms with van der Waals surface area (Å²) in [5.74, 6) is -2.55. The fourth-order valence-electron chi connectivity index (χ4n) is 3.20. The molecule has 0 heterocycles. The van der Waals surface area contributed by atoms with Crippen LogP contribution >= 0.6 is 0 Å². The van der Waals surface area contributed by atoms with Crippen molar-refractivity contribution in [3.63, 3.8) is 0 Å². The fourth-order valence-corrected chi connectivity index (χ4v) is 3.20. The molecule has 1 N–H and O–H groups in total. The number of hydrogen-bond acceptors (Lipinski definition) is 3. The summed E-state index contributed by atoms with van der Waals surface area (Å²) >= 11 is 0. The molecule has 0 aliphatic heterocycles. The van der Waals surface area contributed by atoms with Gasteiger partial charge in [-0.3, -0.25) is 4.79 Å². The topological polar surface area (TPSA) is 38.3 Å². The van der Waals surface area contributed by atoms with Crippen molar-refractivity contribution in [1.82, 2.24) is 5.32 Å². The Morgan fingerprint density at radius 3 is 2.11 bits per heavy atom. The Labute approximate surface area is 113 Å². The minimum Gasteiger partial charge on any atom is -0.469 e. The lowest BCUT2D eigenvalue weighted by Crippen LogP contribution is -2.44. The van der Waals surface area contributed by atoms with Gasteiger partial charge in [0.2, 0.25) is 5.92 Å². The second-order valence-electron chi connectivity index (χ2n) is 5.87. The van der Waals surface area contributed by atoms with E-state index in [1.54, 1.807) is 0 Å². The van der Waals surface area contributed by atoms with Crippen molar-refractivity contribution in [3.05, 3.63) is 0 Å². The van der Waals surface area contributed by atoms with Crippen molar-refractivity contribution >= 4 is 5.97 Å². The number of hydrogen-bond donors (Lipinski definition) is 1. The van der Waals surface area contributed by atoms with Crippen molar-refractivity contribution in [2.45, 2.75) is 69.4 Å². The third-order valence-electron chi connectivity index (χ3n) is 4.45. The Bertz CT molecular complexity index is 305. The molecule has 0 aromatic carbocycles. The molecule has 0 unspecified atom stereocenters. The summed E-state index contributed by atoms with van der Waals surface area (Å²) in [6, 6.07) is 0.594. The highest BCUT2D eigenvalue weighted by Crippen LogP contribution is 2.34. The van der Waals surface area contributed by atoms with E-state index in [2.05, 4.69) is 5.32 Å². The molecule has 2 aliphatic carbocycles. The van der Waals surface area contributed by atoms with Crippen LogP contribution in [0.25, 0.3) is 0 Å². The highest BCUT2D eigenvalue weighted by molar-refractivity contribution is 5.72. The van der Waals surface area contributed by atoms with Gasteiger partial charge in [-0.2, -0.15) is 0 Å². The molecule has 110 valence electrons. The predicted octanol–water partition coefficient (Wildman–Crippen LogP) is 2.89. The molecular formula is C14H23F2NO2. The van der Waals surface area contributed by atoms with Gasteiger partial charge in [0.05, 0.1) is 13.0 Å². The van der Waals surface area contributed by atoms with Crippen LogP contribution in [-0.2, 0) is 9.53 Å². The maximum Gasteiger partial charge on any atom is 0.308 e. The van der Waals surface area contributed by atoms with E-state index in [4.69, 9.17) is 4.74 Å². The first-order valence-electron chi connectivity index (χ1n) is 7.22. The lowest BCUT2D eigenvalue weighted by Gasteiger charge is -2.34. The average Bonchev–Trinajstić information content (AvgIpc) is 2.41. The van der Waals surface area contributed by atoms with E-state index in [0.29, 0.717) is 18.9 Å². The monoisotopic (exact) mass is 275 g/mol. The summed E-state index contributed by atoms with van der Waals surface area (Å²) in [6.45, 7) is 0. The van der Waals surface area contributed by atoms with Gasteiger partial charge in [0.25, 0.3) is 0 Å². The van der Waals surface area contributed by atoms with Gasteiger partial charge in [-0.15, -0.1) is 0 Å². The molecule has 0 amide bonds. The summed E-state index contributed by atoms with van der Waals surface area (Å²) in [5.41, 5.74) is 0. The lowest BCUT2D eigenvalue weighted by atomic mass is 9.84. The molecule has 3 nitrogen and oxygen atoms in total. The molecule has 0 radical (unpaired) electrons. The average molecular weight is 275 g/mol. The molecule has 0 bridgehead atoms. The lowest BCUT2D eigenvalue weighted by molar-refractivity contribution is -0.146. The van der Waals surface area contributed by atoms with Gasteiger partial charge in [-0.25, -0.2) is 8.78 Å². The van der Waals surface area contributed by atoms with Crippen LogP contribution in [0, 0.1) is 5.92 Å². The van der Waals surface area contributed by atoms with Crippen LogP contribution in [0.5, 0.6) is 0 Å². The summed E-state index contributed by atoms with van der Waals surface area (Å²) in [7, 11) is 1.43. The normalized spacial score (nSPS) is 31.9. The second-order valence-corrected chi connectivity index (χ2v) is 5.87. The molecule has 0 atom stereocenters. The van der Waals surface area contributed by atoms with E-state index in [1.165, 1.54) is 7.11 Å². The van der Waals surface area contributed by atoms with Crippen molar-refractivity contribution in [2.24, 2.45) is 5.92 Å². The minimum atomic E-state index is -2.46. The van der Waals surface area contributed by atoms with Gasteiger partial charge >= 0.3 is 5.97 Å². The Morgan fingerprint density at radius 2 is 1.58 bits per heavy atom. The number of rotatable bonds is 3. The zero-order chi connectivity index (χ0) is 13.9. The van der Waals surface area contributed by atoms with Crippen molar-refractivity contribution in [1.29, 1.82) is 0 Å². The molecule has 19 heavy (non-hydrogen) atoms. The maximum absolute atomic E-state index is 13.1. The van der Waals surface area contributed by atoms with Crippen LogP contribution in [0.3, 0.4) is 0 Å². The van der Waals surface area contributed by atoms with Crippen molar-refractivity contribution in [3.8, 4) is 0 Å². The van der Waals surface area contributed by atoms with Gasteiger partial charge in [-0.1, -0.05) is 0 Å². The van der Waals surface area contributed by atoms with Crippen LogP contribution in [0.15, 0.2) is 0 Å². The van der Waals surface area contributed by atoms with Crippen molar-refractivity contribution in [2.75, 3.05) is 7.11 Å². The van der Waals surface area contributed by atoms with Crippen LogP contribution in [0.1, 0.15) is 51.4 Å². The van der Waals surface area contributed by atoms with Gasteiger partial charge in [-0.05, 0) is 38.5 Å². The molecule has 2 saturated carbocycles. The first kappa shape index (κ1) is 14.7. The quantitative estimate of drug-likeness (QED) is 0.805. The highest BCUT2D eigenvalue weighted by Gasteiger charge is 2.36. The molecule has 0 saturated heterocycles. The number of methoxy groups -OCH3 is 1. The number of esters is 1. The number of carbonyl (C=O) groups is 1. The SMILES string of the molecule is COC(=O)C1CCC(NC2CCC(F)(F)CC2)CC1. The largest absolute Gasteiger partial charge is 0.469 e. The van der Waals surface area contributed by atoms with E-state index in [9.17, 15) is 13.6 Å². The van der Waals surface area contributed by atoms with Crippen LogP contribution in [-0.4, -0.2) is 31.1 Å². The van der Waals surface area contributed by atoms with Gasteiger partial charge in [0.1, 0.15) is 0 Å². The number of ether oxygens (including phenoxy) is 1. The van der Waals surface area contributed by atoms with E-state index >= 15 is 0 Å². The molecule has 2 fully saturated rings. The standard InChI is InChI=1S/C14H23F2NO2/c1-19-13(18)10-2-4-11(5-3-10)17-12-6-8-14(15,16)9-7-12/h10-12,17H,2-9H2,1H3. The third-order valence-corrected chi connectivity index (χ3v) is 4.45. The van der Waals surface area contributed by atoms with Gasteiger partial charge in [0, 0.05) is 24.9 Å². The van der Waals surface area contributed by atoms with Crippen LogP contribution in [0.2, 0.25) is 0 Å². The first-order chi connectivity index (χ1) is 9.00. The number of nitrogens with one attached hydrogen (secondary N) is 1. The Kier molecular flexibility index (Phi) is 4.76. The smallest absolute Gasteiger partial charge is 0.308 e. The first-order valence-corrected chi connectivity index (χ1v) is 7.22. The van der Waals surface area contributed by atoms with Crippen LogP contribution in [0.4, 0.5) is 8.78 Å². The van der Waals surface area contributed by atoms with E-state index in [-0.39, 0.29) is 30.8 Å². The number of carbonyl (C=O) groups excluding carboxylic acids is 1. The molecular weight excluding hydrogens is 252 g/mol. The molecule has 0 spiro atoms. The minimum absolute atomic E-state index is 0.00216. The molecule has 2 rings (SSSR count). The third kappa shape index (κ3) is 4.13. The van der Waals surface area contributed by atoms with E-state index < -0.39 is 5.92 Å². The highest BCUT2D eigenvalue weighted by atomic mass is 19.3. The number of alkyl halides is 2. The van der Waals surface area contributed by atoms with E-state index in [0.717, 1.165) is 25.7 Å². The van der Waals surface area contributed by atoms with Gasteiger partial charge in [0.15, 0.2) is 0 Å². The summed E-state index contributed by atoms with van der Waals surface area (Å²) in [6.07, 6.45) is 4.68. The summed E-state index contributed by atoms with van der Waals surface area (Å²) < 4.78 is 30.9. The molecule has 0 aromatic rings. The van der Waals surface area contributed by atoms with Crippen molar-refractivity contribution < 1.29 is 18.3 Å². The molecule has 0 aromatic heterocycles. The number of halogens is 2. The Balaban J connectivity index is 1.70. The fraction of sp³-hybridized carbons (Fsp3) is 0.929. The molecule has 2 aliphatic rings. The zero-order valence-electron chi connectivity index (χ0n) is 11.5. The summed E-state index contributed by atoms with van der Waals surface area (Å²) in [5, 5.41) is 3.49. The van der Waals surface area contributed by atoms with E-state index in [1.807, 2.05) is 0 Å². The van der Waals surface area contributed by atoms with Gasteiger partial charge < -0.3 is 10.1 Å².